The van der Waals surface area contributed by atoms with Crippen LogP contribution in [-0.4, -0.2) is 38.6 Å². The molecule has 0 bridgehead atoms. The Labute approximate surface area is 164 Å². The highest BCUT2D eigenvalue weighted by molar-refractivity contribution is 7.71. The van der Waals surface area contributed by atoms with E-state index in [0.29, 0.717) is 6.42 Å². The number of alkyl halides is 3. The molecule has 1 aliphatic carbocycles. The molecule has 0 saturated heterocycles. The predicted octanol–water partition coefficient (Wildman–Crippen LogP) is 2.65. The van der Waals surface area contributed by atoms with Gasteiger partial charge < -0.3 is 4.74 Å². The summed E-state index contributed by atoms with van der Waals surface area (Å²) in [5.74, 6) is -3.96. The van der Waals surface area contributed by atoms with E-state index in [4.69, 9.17) is 11.6 Å². The van der Waals surface area contributed by atoms with Crippen LogP contribution in [0.25, 0.3) is 0 Å². The molecule has 154 valence electrons. The number of hydrogen-bond acceptors (Lipinski definition) is 6. The summed E-state index contributed by atoms with van der Waals surface area (Å²) in [6.07, 6.45) is -4.13. The molecule has 11 heteroatoms. The summed E-state index contributed by atoms with van der Waals surface area (Å²) in [6, 6.07) is 2.38. The quantitative estimate of drug-likeness (QED) is 0.398. The number of ketones is 3. The zero-order valence-corrected chi connectivity index (χ0v) is 16.0. The summed E-state index contributed by atoms with van der Waals surface area (Å²) in [7, 11) is -2.92. The van der Waals surface area contributed by atoms with Gasteiger partial charge in [0.2, 0.25) is 0 Å². The molecule has 1 aliphatic rings. The average Bonchev–Trinajstić information content (AvgIpc) is 2.55. The molecule has 0 radical (unpaired) electrons. The summed E-state index contributed by atoms with van der Waals surface area (Å²) in [6.45, 7) is -2.28. The van der Waals surface area contributed by atoms with Gasteiger partial charge in [0.25, 0.3) is 0 Å². The predicted molar refractivity (Wildman–Crippen MR) is 92.9 cm³/mol. The van der Waals surface area contributed by atoms with Crippen molar-refractivity contribution in [2.75, 3.05) is 6.61 Å². The minimum absolute atomic E-state index is 0.0655. The van der Waals surface area contributed by atoms with Crippen LogP contribution in [0.2, 0.25) is 5.02 Å². The van der Waals surface area contributed by atoms with E-state index in [1.807, 2.05) is 0 Å². The summed E-state index contributed by atoms with van der Waals surface area (Å²) in [4.78, 5) is 36.7. The highest BCUT2D eigenvalue weighted by atomic mass is 35.5. The van der Waals surface area contributed by atoms with Gasteiger partial charge in [-0.2, -0.15) is 13.2 Å². The van der Waals surface area contributed by atoms with Crippen LogP contribution in [0.15, 0.2) is 12.1 Å². The third-order valence-corrected chi connectivity index (χ3v) is 5.20. The first-order valence-electron chi connectivity index (χ1n) is 8.17. The maximum absolute atomic E-state index is 12.7. The van der Waals surface area contributed by atoms with Crippen molar-refractivity contribution in [3.05, 3.63) is 33.8 Å². The number of rotatable bonds is 7. The van der Waals surface area contributed by atoms with E-state index in [2.05, 4.69) is 4.74 Å². The maximum Gasteiger partial charge on any atom is 0.411 e. The third kappa shape index (κ3) is 5.62. The van der Waals surface area contributed by atoms with Crippen LogP contribution >= 0.6 is 11.6 Å². The fourth-order valence-electron chi connectivity index (χ4n) is 2.92. The van der Waals surface area contributed by atoms with E-state index < -0.39 is 59.1 Å². The second kappa shape index (κ2) is 9.15. The normalized spacial score (nSPS) is 16.0. The Hall–Kier alpha value is -1.78. The van der Waals surface area contributed by atoms with Crippen LogP contribution in [0, 0.1) is 5.92 Å². The zero-order valence-electron chi connectivity index (χ0n) is 14.4. The molecule has 0 heterocycles. The van der Waals surface area contributed by atoms with Crippen LogP contribution in [-0.2, 0) is 37.4 Å². The Bertz CT molecular complexity index is 854. The largest absolute Gasteiger partial charge is 0.411 e. The maximum atomic E-state index is 12.7. The third-order valence-electron chi connectivity index (χ3n) is 4.17. The Kier molecular flexibility index (Phi) is 7.35. The van der Waals surface area contributed by atoms with E-state index in [9.17, 15) is 36.0 Å². The summed E-state index contributed by atoms with van der Waals surface area (Å²) in [5, 5.41) is -0.326. The minimum atomic E-state index is -4.61. The van der Waals surface area contributed by atoms with Crippen molar-refractivity contribution < 1.29 is 40.7 Å². The van der Waals surface area contributed by atoms with Crippen LogP contribution in [0.3, 0.4) is 0 Å². The molecule has 0 aliphatic heterocycles. The minimum Gasteiger partial charge on any atom is -0.367 e. The van der Waals surface area contributed by atoms with Crippen molar-refractivity contribution >= 4 is 39.7 Å². The van der Waals surface area contributed by atoms with Crippen molar-refractivity contribution in [1.29, 1.82) is 0 Å². The number of Topliss-reactive ketones (excluding diaryl/α,β-unsaturated/α-hetero) is 3. The molecule has 0 aromatic heterocycles. The summed E-state index contributed by atoms with van der Waals surface area (Å²) >= 11 is 6.16. The van der Waals surface area contributed by atoms with Gasteiger partial charge >= 0.3 is 6.18 Å². The molecule has 6 nitrogen and oxygen atoms in total. The number of halogens is 4. The van der Waals surface area contributed by atoms with E-state index in [0.717, 1.165) is 0 Å². The molecule has 1 aromatic carbocycles. The van der Waals surface area contributed by atoms with Crippen molar-refractivity contribution in [2.24, 2.45) is 5.92 Å². The van der Waals surface area contributed by atoms with Gasteiger partial charge in [-0.1, -0.05) is 17.7 Å². The van der Waals surface area contributed by atoms with Gasteiger partial charge in [0, 0.05) is 24.0 Å². The molecule has 0 N–H and O–H groups in total. The molecule has 1 aromatic rings. The number of ether oxygens (including phenoxy) is 1. The number of benzene rings is 1. The summed E-state index contributed by atoms with van der Waals surface area (Å²) < 4.78 is 63.6. The van der Waals surface area contributed by atoms with Gasteiger partial charge in [-0.25, -0.2) is 8.42 Å². The second-order valence-electron chi connectivity index (χ2n) is 6.25. The Morgan fingerprint density at radius 1 is 1.18 bits per heavy atom. The first-order chi connectivity index (χ1) is 13.0. The molecule has 1 saturated carbocycles. The Morgan fingerprint density at radius 3 is 2.32 bits per heavy atom. The highest BCUT2D eigenvalue weighted by Gasteiger charge is 2.37. The van der Waals surface area contributed by atoms with Crippen molar-refractivity contribution in [2.45, 2.75) is 37.8 Å². The van der Waals surface area contributed by atoms with E-state index in [1.165, 1.54) is 12.1 Å². The van der Waals surface area contributed by atoms with Crippen molar-refractivity contribution in [3.63, 3.8) is 0 Å². The molecule has 0 spiro atoms. The number of thiol groups is 1. The van der Waals surface area contributed by atoms with Crippen molar-refractivity contribution in [3.8, 4) is 0 Å². The van der Waals surface area contributed by atoms with Gasteiger partial charge in [-0.05, 0) is 18.1 Å². The first kappa shape index (κ1) is 22.5. The molecule has 28 heavy (non-hydrogen) atoms. The molecule has 0 amide bonds. The van der Waals surface area contributed by atoms with Gasteiger partial charge in [0.15, 0.2) is 17.3 Å². The monoisotopic (exact) mass is 440 g/mol. The number of hydrogen-bond donors (Lipinski definition) is 1. The van der Waals surface area contributed by atoms with Crippen LogP contribution in [0.1, 0.15) is 40.7 Å². The van der Waals surface area contributed by atoms with E-state index in [1.54, 1.807) is 0 Å². The second-order valence-corrected chi connectivity index (χ2v) is 7.61. The van der Waals surface area contributed by atoms with Gasteiger partial charge in [0.1, 0.15) is 23.2 Å². The SMILES string of the molecule is O=C1CCCC(=O)C1C(=O)c1ccc(C[SH](=O)=O)c(COCC(F)(F)F)c1Cl. The molecular weight excluding hydrogens is 425 g/mol. The lowest BCUT2D eigenvalue weighted by molar-refractivity contribution is -0.176. The number of carbonyl (C=O) groups excluding carboxylic acids is 3. The van der Waals surface area contributed by atoms with Crippen LogP contribution in [0.4, 0.5) is 13.2 Å². The van der Waals surface area contributed by atoms with Crippen molar-refractivity contribution in [1.82, 2.24) is 0 Å². The van der Waals surface area contributed by atoms with Crippen LogP contribution in [0.5, 0.6) is 0 Å². The first-order valence-corrected chi connectivity index (χ1v) is 9.91. The lowest BCUT2D eigenvalue weighted by atomic mass is 9.81. The van der Waals surface area contributed by atoms with Crippen LogP contribution < -0.4 is 0 Å². The standard InChI is InChI=1S/C17H16ClF3O6S/c18-15-10(16(24)14-12(22)2-1-3-13(14)23)5-4-9(7-28(25)26)11(15)6-27-8-17(19,20)21/h4-5,14,28H,1-3,6-8H2. The van der Waals surface area contributed by atoms with Gasteiger partial charge in [-0.15, -0.1) is 0 Å². The molecule has 1 fully saturated rings. The number of carbonyl (C=O) groups is 3. The van der Waals surface area contributed by atoms with E-state index in [-0.39, 0.29) is 34.6 Å². The Balaban J connectivity index is 2.39. The molecule has 0 atom stereocenters. The zero-order chi connectivity index (χ0) is 21.1. The lowest BCUT2D eigenvalue weighted by Gasteiger charge is -2.20. The fraction of sp³-hybridized carbons (Fsp3) is 0.471. The summed E-state index contributed by atoms with van der Waals surface area (Å²) in [5.41, 5.74) is -0.265. The molecular formula is C17H16ClF3O6S. The highest BCUT2D eigenvalue weighted by Crippen LogP contribution is 2.31. The topological polar surface area (TPSA) is 94.6 Å². The molecule has 0 unspecified atom stereocenters. The molecule has 2 rings (SSSR count). The Morgan fingerprint density at radius 2 is 1.79 bits per heavy atom. The average molecular weight is 441 g/mol. The fourth-order valence-corrected chi connectivity index (χ4v) is 3.82. The van der Waals surface area contributed by atoms with Gasteiger partial charge in [0.05, 0.1) is 17.4 Å². The van der Waals surface area contributed by atoms with E-state index >= 15 is 0 Å². The smallest absolute Gasteiger partial charge is 0.367 e. The van der Waals surface area contributed by atoms with Gasteiger partial charge in [-0.3, -0.25) is 14.4 Å². The lowest BCUT2D eigenvalue weighted by Crippen LogP contribution is -2.35.